The molecule has 4 nitrogen and oxygen atoms in total. The number of likely N-dealkylation sites (N-methyl/N-ethyl adjacent to an activating group) is 1. The van der Waals surface area contributed by atoms with Crippen molar-refractivity contribution in [3.63, 3.8) is 0 Å². The largest absolute Gasteiger partial charge is 0.356 e. The molecule has 0 unspecified atom stereocenters. The van der Waals surface area contributed by atoms with Crippen LogP contribution in [-0.4, -0.2) is 42.0 Å². The normalized spacial score (nSPS) is 16.0. The van der Waals surface area contributed by atoms with Gasteiger partial charge in [0.1, 0.15) is 5.82 Å². The van der Waals surface area contributed by atoms with Crippen molar-refractivity contribution in [2.45, 2.75) is 18.9 Å². The highest BCUT2D eigenvalue weighted by Crippen LogP contribution is 2.20. The highest BCUT2D eigenvalue weighted by molar-refractivity contribution is 7.08. The van der Waals surface area contributed by atoms with Crippen LogP contribution in [-0.2, 0) is 4.79 Å². The first-order chi connectivity index (χ1) is 11.2. The third kappa shape index (κ3) is 3.99. The van der Waals surface area contributed by atoms with Crippen molar-refractivity contribution >= 4 is 29.1 Å². The number of carbonyl (C=O) groups excluding carboxylic acids is 1. The number of anilines is 1. The Morgan fingerprint density at radius 1 is 1.35 bits per heavy atom. The number of thiophene rings is 1. The number of piperidine rings is 1. The maximum absolute atomic E-state index is 12.3. The van der Waals surface area contributed by atoms with Crippen LogP contribution in [0.25, 0.3) is 6.08 Å². The number of nitrogens with zero attached hydrogens (tertiary/aromatic N) is 3. The summed E-state index contributed by atoms with van der Waals surface area (Å²) in [5.74, 6) is 1.10. The molecule has 3 rings (SSSR count). The average molecular weight is 327 g/mol. The van der Waals surface area contributed by atoms with Crippen LogP contribution in [0.1, 0.15) is 18.4 Å². The molecule has 1 saturated heterocycles. The van der Waals surface area contributed by atoms with Crippen molar-refractivity contribution in [3.05, 3.63) is 52.9 Å². The molecule has 0 N–H and O–H groups in total. The van der Waals surface area contributed by atoms with Gasteiger partial charge in [-0.25, -0.2) is 4.98 Å². The Labute approximate surface area is 141 Å². The molecule has 0 spiro atoms. The summed E-state index contributed by atoms with van der Waals surface area (Å²) in [4.78, 5) is 20.9. The van der Waals surface area contributed by atoms with Gasteiger partial charge in [-0.2, -0.15) is 11.3 Å². The number of hydrogen-bond donors (Lipinski definition) is 0. The lowest BCUT2D eigenvalue weighted by molar-refractivity contribution is -0.127. The van der Waals surface area contributed by atoms with Crippen molar-refractivity contribution in [1.29, 1.82) is 0 Å². The molecule has 1 aliphatic heterocycles. The van der Waals surface area contributed by atoms with E-state index in [1.54, 1.807) is 17.4 Å². The molecule has 120 valence electrons. The van der Waals surface area contributed by atoms with Crippen molar-refractivity contribution < 1.29 is 4.79 Å². The molecule has 5 heteroatoms. The summed E-state index contributed by atoms with van der Waals surface area (Å²) in [6.45, 7) is 1.88. The molecule has 2 aromatic heterocycles. The van der Waals surface area contributed by atoms with Crippen LogP contribution in [0.3, 0.4) is 0 Å². The van der Waals surface area contributed by atoms with Crippen LogP contribution < -0.4 is 4.90 Å². The summed E-state index contributed by atoms with van der Waals surface area (Å²) < 4.78 is 0. The van der Waals surface area contributed by atoms with Crippen LogP contribution in [0.2, 0.25) is 0 Å². The van der Waals surface area contributed by atoms with E-state index in [9.17, 15) is 4.79 Å². The number of pyridine rings is 1. The zero-order chi connectivity index (χ0) is 16.1. The molecular weight excluding hydrogens is 306 g/mol. The van der Waals surface area contributed by atoms with E-state index in [0.717, 1.165) is 37.3 Å². The second kappa shape index (κ2) is 7.42. The summed E-state index contributed by atoms with van der Waals surface area (Å²) >= 11 is 1.64. The predicted octanol–water partition coefficient (Wildman–Crippen LogP) is 3.28. The van der Waals surface area contributed by atoms with Crippen molar-refractivity contribution in [3.8, 4) is 0 Å². The van der Waals surface area contributed by atoms with E-state index in [0.29, 0.717) is 6.04 Å². The Hall–Kier alpha value is -2.14. The Morgan fingerprint density at radius 3 is 2.83 bits per heavy atom. The van der Waals surface area contributed by atoms with Crippen LogP contribution in [0, 0.1) is 0 Å². The van der Waals surface area contributed by atoms with Gasteiger partial charge in [0, 0.05) is 38.5 Å². The van der Waals surface area contributed by atoms with Crippen molar-refractivity contribution in [2.75, 3.05) is 25.0 Å². The van der Waals surface area contributed by atoms with Crippen molar-refractivity contribution in [2.24, 2.45) is 0 Å². The summed E-state index contributed by atoms with van der Waals surface area (Å²) in [6.07, 6.45) is 7.34. The fourth-order valence-electron chi connectivity index (χ4n) is 2.86. The van der Waals surface area contributed by atoms with Gasteiger partial charge in [0.2, 0.25) is 5.91 Å². The minimum Gasteiger partial charge on any atom is -0.356 e. The van der Waals surface area contributed by atoms with Gasteiger partial charge in [0.25, 0.3) is 0 Å². The topological polar surface area (TPSA) is 36.4 Å². The highest BCUT2D eigenvalue weighted by atomic mass is 32.1. The predicted molar refractivity (Wildman–Crippen MR) is 95.6 cm³/mol. The van der Waals surface area contributed by atoms with E-state index in [2.05, 4.69) is 9.88 Å². The lowest BCUT2D eigenvalue weighted by Crippen LogP contribution is -2.45. The van der Waals surface area contributed by atoms with Crippen LogP contribution in [0.15, 0.2) is 47.3 Å². The van der Waals surface area contributed by atoms with Gasteiger partial charge >= 0.3 is 0 Å². The number of rotatable bonds is 4. The Kier molecular flexibility index (Phi) is 5.08. The second-order valence-electron chi connectivity index (χ2n) is 5.75. The molecule has 0 aliphatic carbocycles. The fourth-order valence-corrected chi connectivity index (χ4v) is 3.49. The summed E-state index contributed by atoms with van der Waals surface area (Å²) in [5.41, 5.74) is 1.08. The van der Waals surface area contributed by atoms with E-state index in [1.807, 2.05) is 59.2 Å². The molecule has 23 heavy (non-hydrogen) atoms. The number of aromatic nitrogens is 1. The molecule has 1 fully saturated rings. The van der Waals surface area contributed by atoms with Gasteiger partial charge < -0.3 is 9.80 Å². The van der Waals surface area contributed by atoms with E-state index < -0.39 is 0 Å². The summed E-state index contributed by atoms with van der Waals surface area (Å²) in [5, 5.41) is 4.05. The van der Waals surface area contributed by atoms with E-state index >= 15 is 0 Å². The van der Waals surface area contributed by atoms with Gasteiger partial charge in [-0.15, -0.1) is 0 Å². The molecule has 2 aromatic rings. The Bertz CT molecular complexity index is 646. The molecule has 0 atom stereocenters. The minimum atomic E-state index is 0.0764. The standard InChI is InChI=1S/C18H21N3OS/c1-20(18(22)6-5-15-9-13-23-14-15)16-7-11-21(12-8-16)17-4-2-3-10-19-17/h2-6,9-10,13-14,16H,7-8,11-12H2,1H3/b6-5-. The van der Waals surface area contributed by atoms with Gasteiger partial charge in [-0.3, -0.25) is 4.79 Å². The fraction of sp³-hybridized carbons (Fsp3) is 0.333. The smallest absolute Gasteiger partial charge is 0.246 e. The minimum absolute atomic E-state index is 0.0764. The molecule has 3 heterocycles. The maximum atomic E-state index is 12.3. The first-order valence-corrected chi connectivity index (χ1v) is 8.81. The Balaban J connectivity index is 1.53. The van der Waals surface area contributed by atoms with Gasteiger partial charge in [-0.1, -0.05) is 6.07 Å². The molecule has 0 aromatic carbocycles. The third-order valence-electron chi connectivity index (χ3n) is 4.29. The first-order valence-electron chi connectivity index (χ1n) is 7.87. The van der Waals surface area contributed by atoms with Gasteiger partial charge in [0.15, 0.2) is 0 Å². The quantitative estimate of drug-likeness (QED) is 0.809. The number of carbonyl (C=O) groups is 1. The highest BCUT2D eigenvalue weighted by Gasteiger charge is 2.24. The molecule has 0 saturated carbocycles. The monoisotopic (exact) mass is 327 g/mol. The molecular formula is C18H21N3OS. The van der Waals surface area contributed by atoms with E-state index in [-0.39, 0.29) is 5.91 Å². The summed E-state index contributed by atoms with van der Waals surface area (Å²) in [7, 11) is 1.90. The average Bonchev–Trinajstić information content (AvgIpc) is 3.13. The lowest BCUT2D eigenvalue weighted by atomic mass is 10.0. The van der Waals surface area contributed by atoms with Gasteiger partial charge in [0.05, 0.1) is 0 Å². The first kappa shape index (κ1) is 15.7. The van der Waals surface area contributed by atoms with Crippen LogP contribution in [0.5, 0.6) is 0 Å². The second-order valence-corrected chi connectivity index (χ2v) is 6.53. The number of hydrogen-bond acceptors (Lipinski definition) is 4. The van der Waals surface area contributed by atoms with E-state index in [1.165, 1.54) is 0 Å². The molecule has 0 bridgehead atoms. The molecule has 0 radical (unpaired) electrons. The maximum Gasteiger partial charge on any atom is 0.246 e. The van der Waals surface area contributed by atoms with Crippen molar-refractivity contribution in [1.82, 2.24) is 9.88 Å². The van der Waals surface area contributed by atoms with E-state index in [4.69, 9.17) is 0 Å². The third-order valence-corrected chi connectivity index (χ3v) is 5.00. The lowest BCUT2D eigenvalue weighted by Gasteiger charge is -2.37. The molecule has 1 amide bonds. The SMILES string of the molecule is CN(C(=O)/C=C\c1ccsc1)C1CCN(c2ccccn2)CC1. The van der Waals surface area contributed by atoms with Crippen LogP contribution >= 0.6 is 11.3 Å². The van der Waals surface area contributed by atoms with Gasteiger partial charge in [-0.05, 0) is 53.4 Å². The molecule has 1 aliphatic rings. The zero-order valence-corrected chi connectivity index (χ0v) is 14.1. The number of amides is 1. The zero-order valence-electron chi connectivity index (χ0n) is 13.3. The van der Waals surface area contributed by atoms with Crippen LogP contribution in [0.4, 0.5) is 5.82 Å². The summed E-state index contributed by atoms with van der Waals surface area (Å²) in [6, 6.07) is 8.30. The Morgan fingerprint density at radius 2 is 2.17 bits per heavy atom.